The molecule has 0 bridgehead atoms. The van der Waals surface area contributed by atoms with Crippen molar-refractivity contribution >= 4 is 40.6 Å². The van der Waals surface area contributed by atoms with Gasteiger partial charge in [-0.05, 0) is 61.5 Å². The van der Waals surface area contributed by atoms with Gasteiger partial charge in [0.15, 0.2) is 5.69 Å². The van der Waals surface area contributed by atoms with Crippen molar-refractivity contribution in [3.05, 3.63) is 69.7 Å². The van der Waals surface area contributed by atoms with Crippen LogP contribution in [0.2, 0.25) is 0 Å². The number of carbonyl (C=O) groups is 3. The number of hydrogen-bond donors (Lipinski definition) is 3. The molecule has 1 saturated carbocycles. The Morgan fingerprint density at radius 1 is 1.08 bits per heavy atom. The fourth-order valence-corrected chi connectivity index (χ4v) is 5.35. The molecule has 10 heteroatoms. The number of methoxy groups -OCH3 is 1. The molecular formula is C27H31N5O4S. The fourth-order valence-electron chi connectivity index (χ4n) is 4.61. The van der Waals surface area contributed by atoms with Gasteiger partial charge in [-0.2, -0.15) is 4.37 Å². The highest BCUT2D eigenvalue weighted by molar-refractivity contribution is 7.09. The summed E-state index contributed by atoms with van der Waals surface area (Å²) in [6, 6.07) is 11.8. The molecule has 2 aromatic carbocycles. The van der Waals surface area contributed by atoms with E-state index < -0.39 is 17.9 Å². The van der Waals surface area contributed by atoms with Gasteiger partial charge in [0.1, 0.15) is 16.7 Å². The van der Waals surface area contributed by atoms with E-state index in [2.05, 4.69) is 9.69 Å². The average Bonchev–Trinajstić information content (AvgIpc) is 3.52. The van der Waals surface area contributed by atoms with Crippen molar-refractivity contribution in [2.24, 2.45) is 5.73 Å². The molecule has 1 unspecified atom stereocenters. The maximum Gasteiger partial charge on any atom is 0.273 e. The van der Waals surface area contributed by atoms with Gasteiger partial charge in [0, 0.05) is 6.04 Å². The minimum atomic E-state index is -1.04. The molecule has 3 aromatic rings. The maximum absolute atomic E-state index is 14.2. The molecule has 0 saturated heterocycles. The van der Waals surface area contributed by atoms with Crippen LogP contribution in [-0.2, 0) is 4.79 Å². The van der Waals surface area contributed by atoms with E-state index in [0.29, 0.717) is 17.0 Å². The van der Waals surface area contributed by atoms with Crippen LogP contribution in [0.3, 0.4) is 0 Å². The highest BCUT2D eigenvalue weighted by Gasteiger charge is 2.38. The molecule has 1 aromatic heterocycles. The number of ether oxygens (including phenoxy) is 1. The summed E-state index contributed by atoms with van der Waals surface area (Å²) in [6.07, 6.45) is 3.86. The Kier molecular flexibility index (Phi) is 7.77. The summed E-state index contributed by atoms with van der Waals surface area (Å²) in [7, 11) is 1.50. The van der Waals surface area contributed by atoms with Crippen LogP contribution in [0.25, 0.3) is 0 Å². The summed E-state index contributed by atoms with van der Waals surface area (Å²) in [4.78, 5) is 41.4. The molecule has 3 amide bonds. The summed E-state index contributed by atoms with van der Waals surface area (Å²) < 4.78 is 9.62. The molecule has 194 valence electrons. The minimum Gasteiger partial charge on any atom is -0.495 e. The zero-order valence-electron chi connectivity index (χ0n) is 21.1. The SMILES string of the molecule is COc1ccc(C)cc1N(C(=O)c1snc(C(N)=O)c1N)C(C(=O)NC1CCCC1)c1ccc(C)cc1. The largest absolute Gasteiger partial charge is 0.495 e. The number of benzene rings is 2. The van der Waals surface area contributed by atoms with Gasteiger partial charge in [-0.1, -0.05) is 48.7 Å². The Morgan fingerprint density at radius 2 is 1.73 bits per heavy atom. The van der Waals surface area contributed by atoms with Gasteiger partial charge in [-0.3, -0.25) is 19.3 Å². The van der Waals surface area contributed by atoms with Crippen LogP contribution >= 0.6 is 11.5 Å². The van der Waals surface area contributed by atoms with Gasteiger partial charge in [0.25, 0.3) is 11.8 Å². The van der Waals surface area contributed by atoms with Crippen molar-refractivity contribution < 1.29 is 19.1 Å². The molecule has 4 rings (SSSR count). The Labute approximate surface area is 220 Å². The van der Waals surface area contributed by atoms with Crippen molar-refractivity contribution in [2.75, 3.05) is 17.7 Å². The van der Waals surface area contributed by atoms with E-state index >= 15 is 0 Å². The topological polar surface area (TPSA) is 141 Å². The Bertz CT molecular complexity index is 1310. The number of aromatic nitrogens is 1. The van der Waals surface area contributed by atoms with E-state index in [1.807, 2.05) is 44.2 Å². The second-order valence-electron chi connectivity index (χ2n) is 9.29. The molecule has 1 heterocycles. The van der Waals surface area contributed by atoms with Crippen LogP contribution in [-0.4, -0.2) is 35.2 Å². The van der Waals surface area contributed by atoms with Gasteiger partial charge in [0.05, 0.1) is 18.5 Å². The van der Waals surface area contributed by atoms with Gasteiger partial charge >= 0.3 is 0 Å². The lowest BCUT2D eigenvalue weighted by Gasteiger charge is -2.33. The van der Waals surface area contributed by atoms with E-state index in [4.69, 9.17) is 16.2 Å². The van der Waals surface area contributed by atoms with Gasteiger partial charge in [-0.25, -0.2) is 0 Å². The van der Waals surface area contributed by atoms with Crippen molar-refractivity contribution in [3.63, 3.8) is 0 Å². The normalized spacial score (nSPS) is 14.2. The third kappa shape index (κ3) is 5.43. The standard InChI is InChI=1S/C27H31N5O4S/c1-15-8-11-17(12-9-15)23(26(34)30-18-6-4-5-7-18)32(19-14-16(2)10-13-20(19)36-3)27(35)24-21(28)22(25(29)33)31-37-24/h8-14,18,23H,4-7,28H2,1-3H3,(H2,29,33)(H,30,34). The lowest BCUT2D eigenvalue weighted by molar-refractivity contribution is -0.123. The van der Waals surface area contributed by atoms with Crippen LogP contribution in [0.15, 0.2) is 42.5 Å². The lowest BCUT2D eigenvalue weighted by atomic mass is 10.00. The fraction of sp³-hybridized carbons (Fsp3) is 0.333. The van der Waals surface area contributed by atoms with Crippen molar-refractivity contribution in [1.29, 1.82) is 0 Å². The zero-order chi connectivity index (χ0) is 26.7. The first-order valence-electron chi connectivity index (χ1n) is 12.1. The van der Waals surface area contributed by atoms with Crippen LogP contribution in [0.1, 0.15) is 68.6 Å². The summed E-state index contributed by atoms with van der Waals surface area (Å²) in [5, 5.41) is 3.15. The molecule has 0 spiro atoms. The van der Waals surface area contributed by atoms with E-state index in [9.17, 15) is 14.4 Å². The van der Waals surface area contributed by atoms with Crippen LogP contribution in [0.5, 0.6) is 5.75 Å². The zero-order valence-corrected chi connectivity index (χ0v) is 21.9. The third-order valence-electron chi connectivity index (χ3n) is 6.57. The molecule has 9 nitrogen and oxygen atoms in total. The molecule has 0 aliphatic heterocycles. The summed E-state index contributed by atoms with van der Waals surface area (Å²) in [5.74, 6) is -1.33. The highest BCUT2D eigenvalue weighted by Crippen LogP contribution is 2.39. The first-order chi connectivity index (χ1) is 17.7. The number of amides is 3. The first-order valence-corrected chi connectivity index (χ1v) is 12.9. The van der Waals surface area contributed by atoms with Gasteiger partial charge in [0.2, 0.25) is 5.91 Å². The number of nitrogens with one attached hydrogen (secondary N) is 1. The molecular weight excluding hydrogens is 490 g/mol. The number of carbonyl (C=O) groups excluding carboxylic acids is 3. The number of nitrogen functional groups attached to an aromatic ring is 1. The molecule has 37 heavy (non-hydrogen) atoms. The molecule has 5 N–H and O–H groups in total. The molecule has 0 radical (unpaired) electrons. The minimum absolute atomic E-state index is 0.0168. The van der Waals surface area contributed by atoms with Crippen LogP contribution < -0.4 is 26.4 Å². The monoisotopic (exact) mass is 521 g/mol. The first kappa shape index (κ1) is 26.2. The van der Waals surface area contributed by atoms with Crippen molar-refractivity contribution in [3.8, 4) is 5.75 Å². The second kappa shape index (κ2) is 11.0. The number of anilines is 2. The van der Waals surface area contributed by atoms with E-state index in [0.717, 1.165) is 48.3 Å². The van der Waals surface area contributed by atoms with E-state index in [-0.39, 0.29) is 28.2 Å². The number of rotatable bonds is 8. The summed E-state index contributed by atoms with van der Waals surface area (Å²) in [5.41, 5.74) is 14.2. The number of aryl methyl sites for hydroxylation is 2. The predicted octanol–water partition coefficient (Wildman–Crippen LogP) is 3.90. The van der Waals surface area contributed by atoms with E-state index in [1.54, 1.807) is 12.1 Å². The van der Waals surface area contributed by atoms with Crippen LogP contribution in [0, 0.1) is 13.8 Å². The number of nitrogens with zero attached hydrogens (tertiary/aromatic N) is 2. The predicted molar refractivity (Wildman–Crippen MR) is 144 cm³/mol. The molecule has 1 fully saturated rings. The van der Waals surface area contributed by atoms with Crippen molar-refractivity contribution in [2.45, 2.75) is 51.6 Å². The number of nitrogens with two attached hydrogens (primary N) is 2. The summed E-state index contributed by atoms with van der Waals surface area (Å²) >= 11 is 0.773. The molecule has 1 aliphatic carbocycles. The smallest absolute Gasteiger partial charge is 0.273 e. The Hall–Kier alpha value is -3.92. The third-order valence-corrected chi connectivity index (χ3v) is 7.42. The Balaban J connectivity index is 1.91. The maximum atomic E-state index is 14.2. The van der Waals surface area contributed by atoms with E-state index in [1.165, 1.54) is 12.0 Å². The second-order valence-corrected chi connectivity index (χ2v) is 10.1. The Morgan fingerprint density at radius 3 is 2.32 bits per heavy atom. The van der Waals surface area contributed by atoms with Crippen LogP contribution in [0.4, 0.5) is 11.4 Å². The average molecular weight is 522 g/mol. The quantitative estimate of drug-likeness (QED) is 0.411. The molecule has 1 aliphatic rings. The van der Waals surface area contributed by atoms with Crippen molar-refractivity contribution in [1.82, 2.24) is 9.69 Å². The van der Waals surface area contributed by atoms with Gasteiger partial charge < -0.3 is 21.5 Å². The number of primary amides is 1. The highest BCUT2D eigenvalue weighted by atomic mass is 32.1. The number of hydrogen-bond acceptors (Lipinski definition) is 7. The van der Waals surface area contributed by atoms with Gasteiger partial charge in [-0.15, -0.1) is 0 Å². The summed E-state index contributed by atoms with van der Waals surface area (Å²) in [6.45, 7) is 3.84. The molecule has 1 atom stereocenters. The lowest BCUT2D eigenvalue weighted by Crippen LogP contribution is -2.46.